The zero-order valence-electron chi connectivity index (χ0n) is 12.9. The molecule has 0 saturated carbocycles. The summed E-state index contributed by atoms with van der Waals surface area (Å²) in [5, 5.41) is 0. The van der Waals surface area contributed by atoms with Crippen LogP contribution < -0.4 is 4.74 Å². The van der Waals surface area contributed by atoms with Crippen molar-refractivity contribution in [3.63, 3.8) is 0 Å². The molecule has 108 valence electrons. The second kappa shape index (κ2) is 5.82. The Morgan fingerprint density at radius 2 is 2.00 bits per heavy atom. The Morgan fingerprint density at radius 1 is 1.30 bits per heavy atom. The molecule has 0 fully saturated rings. The molecular weight excluding hydrogens is 248 g/mol. The number of carbonyl (C=O) groups excluding carboxylic acids is 1. The molecule has 0 amide bonds. The van der Waals surface area contributed by atoms with E-state index >= 15 is 0 Å². The summed E-state index contributed by atoms with van der Waals surface area (Å²) in [6, 6.07) is 5.98. The second-order valence-electron chi connectivity index (χ2n) is 5.50. The highest BCUT2D eigenvalue weighted by Gasteiger charge is 2.48. The van der Waals surface area contributed by atoms with Gasteiger partial charge in [-0.3, -0.25) is 4.79 Å². The molecule has 0 spiro atoms. The van der Waals surface area contributed by atoms with E-state index in [0.29, 0.717) is 0 Å². The maximum absolute atomic E-state index is 12.8. The lowest BCUT2D eigenvalue weighted by molar-refractivity contribution is 0.0876. The van der Waals surface area contributed by atoms with Crippen molar-refractivity contribution in [3.05, 3.63) is 41.5 Å². The minimum absolute atomic E-state index is 0.0157. The molecule has 1 aliphatic rings. The summed E-state index contributed by atoms with van der Waals surface area (Å²) >= 11 is 0. The van der Waals surface area contributed by atoms with Crippen molar-refractivity contribution in [2.45, 2.75) is 45.4 Å². The summed E-state index contributed by atoms with van der Waals surface area (Å²) in [5.74, 6) is 1.11. The van der Waals surface area contributed by atoms with Gasteiger partial charge in [-0.05, 0) is 43.9 Å². The van der Waals surface area contributed by atoms with Crippen molar-refractivity contribution in [1.82, 2.24) is 0 Å². The first-order valence-electron chi connectivity index (χ1n) is 7.48. The molecule has 2 nitrogen and oxygen atoms in total. The number of ketones is 1. The summed E-state index contributed by atoms with van der Waals surface area (Å²) in [4.78, 5) is 12.8. The SMILES string of the molecule is CC=CC[C@@H]1C(=O)c2cc(OC)ccc2C1(CC)CC. The molecule has 1 atom stereocenters. The van der Waals surface area contributed by atoms with Gasteiger partial charge in [-0.15, -0.1) is 0 Å². The van der Waals surface area contributed by atoms with Crippen LogP contribution in [0, 0.1) is 5.92 Å². The first kappa shape index (κ1) is 14.8. The summed E-state index contributed by atoms with van der Waals surface area (Å²) in [6.07, 6.45) is 6.97. The van der Waals surface area contributed by atoms with Gasteiger partial charge in [0.1, 0.15) is 5.75 Å². The molecule has 0 saturated heterocycles. The van der Waals surface area contributed by atoms with Crippen molar-refractivity contribution in [2.75, 3.05) is 7.11 Å². The molecule has 2 heteroatoms. The van der Waals surface area contributed by atoms with Crippen LogP contribution in [-0.2, 0) is 5.41 Å². The average Bonchev–Trinajstić information content (AvgIpc) is 2.73. The Bertz CT molecular complexity index is 524. The third-order valence-electron chi connectivity index (χ3n) is 4.88. The summed E-state index contributed by atoms with van der Waals surface area (Å²) in [5.41, 5.74) is 2.06. The largest absolute Gasteiger partial charge is 0.497 e. The predicted octanol–water partition coefficient (Wildman–Crippen LogP) is 4.53. The van der Waals surface area contributed by atoms with Gasteiger partial charge < -0.3 is 4.74 Å². The van der Waals surface area contributed by atoms with Gasteiger partial charge in [0.05, 0.1) is 7.11 Å². The monoisotopic (exact) mass is 272 g/mol. The molecule has 2 rings (SSSR count). The molecule has 0 heterocycles. The molecular formula is C18H24O2. The van der Waals surface area contributed by atoms with Gasteiger partial charge in [0, 0.05) is 16.9 Å². The number of methoxy groups -OCH3 is 1. The Kier molecular flexibility index (Phi) is 4.32. The van der Waals surface area contributed by atoms with Crippen LogP contribution in [0.1, 0.15) is 56.0 Å². The standard InChI is InChI=1S/C18H24O2/c1-5-8-9-16-17(19)14-12-13(20-4)10-11-15(14)18(16,6-2)7-3/h5,8,10-12,16H,6-7,9H2,1-4H3/t16-/m1/s1. The molecule has 0 aromatic heterocycles. The number of benzene rings is 1. The average molecular weight is 272 g/mol. The van der Waals surface area contributed by atoms with Gasteiger partial charge in [-0.2, -0.15) is 0 Å². The van der Waals surface area contributed by atoms with Gasteiger partial charge >= 0.3 is 0 Å². The molecule has 0 bridgehead atoms. The normalized spacial score (nSPS) is 20.4. The fourth-order valence-corrected chi connectivity index (χ4v) is 3.64. The minimum atomic E-state index is -0.0157. The Labute approximate surface area is 121 Å². The lowest BCUT2D eigenvalue weighted by Crippen LogP contribution is -2.32. The van der Waals surface area contributed by atoms with Crippen molar-refractivity contribution in [3.8, 4) is 5.75 Å². The van der Waals surface area contributed by atoms with E-state index in [9.17, 15) is 4.79 Å². The third kappa shape index (κ3) is 2.07. The summed E-state index contributed by atoms with van der Waals surface area (Å²) < 4.78 is 5.27. The quantitative estimate of drug-likeness (QED) is 0.736. The third-order valence-corrected chi connectivity index (χ3v) is 4.88. The Hall–Kier alpha value is -1.57. The van der Waals surface area contributed by atoms with Gasteiger partial charge in [-0.25, -0.2) is 0 Å². The zero-order valence-corrected chi connectivity index (χ0v) is 12.9. The molecule has 0 unspecified atom stereocenters. The van der Waals surface area contributed by atoms with Gasteiger partial charge in [0.15, 0.2) is 5.78 Å². The molecule has 1 aliphatic carbocycles. The summed E-state index contributed by atoms with van der Waals surface area (Å²) in [7, 11) is 1.64. The van der Waals surface area contributed by atoms with Crippen molar-refractivity contribution in [1.29, 1.82) is 0 Å². The van der Waals surface area contributed by atoms with E-state index < -0.39 is 0 Å². The molecule has 20 heavy (non-hydrogen) atoms. The molecule has 1 aromatic carbocycles. The number of hydrogen-bond acceptors (Lipinski definition) is 2. The van der Waals surface area contributed by atoms with Crippen LogP contribution in [0.15, 0.2) is 30.4 Å². The van der Waals surface area contributed by atoms with Crippen LogP contribution >= 0.6 is 0 Å². The van der Waals surface area contributed by atoms with Crippen molar-refractivity contribution >= 4 is 5.78 Å². The van der Waals surface area contributed by atoms with Crippen LogP contribution in [0.2, 0.25) is 0 Å². The number of fused-ring (bicyclic) bond motifs is 1. The van der Waals surface area contributed by atoms with Gasteiger partial charge in [0.2, 0.25) is 0 Å². The molecule has 0 radical (unpaired) electrons. The number of ether oxygens (including phenoxy) is 1. The van der Waals surface area contributed by atoms with E-state index in [2.05, 4.69) is 26.0 Å². The van der Waals surface area contributed by atoms with Crippen molar-refractivity contribution < 1.29 is 9.53 Å². The second-order valence-corrected chi connectivity index (χ2v) is 5.50. The fourth-order valence-electron chi connectivity index (χ4n) is 3.64. The number of carbonyl (C=O) groups is 1. The van der Waals surface area contributed by atoms with Crippen LogP contribution in [0.25, 0.3) is 0 Å². The van der Waals surface area contributed by atoms with E-state index in [1.165, 1.54) is 5.56 Å². The number of allylic oxidation sites excluding steroid dienone is 2. The minimum Gasteiger partial charge on any atom is -0.497 e. The van der Waals surface area contributed by atoms with Gasteiger partial charge in [0.25, 0.3) is 0 Å². The lowest BCUT2D eigenvalue weighted by Gasteiger charge is -2.33. The van der Waals surface area contributed by atoms with E-state index in [1.807, 2.05) is 25.1 Å². The highest BCUT2D eigenvalue weighted by Crippen LogP contribution is 2.50. The highest BCUT2D eigenvalue weighted by molar-refractivity contribution is 6.04. The zero-order chi connectivity index (χ0) is 14.8. The lowest BCUT2D eigenvalue weighted by atomic mass is 9.69. The van der Waals surface area contributed by atoms with Crippen LogP contribution in [0.5, 0.6) is 5.75 Å². The maximum Gasteiger partial charge on any atom is 0.167 e. The smallest absolute Gasteiger partial charge is 0.167 e. The van der Waals surface area contributed by atoms with Crippen LogP contribution in [0.4, 0.5) is 0 Å². The molecule has 0 N–H and O–H groups in total. The topological polar surface area (TPSA) is 26.3 Å². The van der Waals surface area contributed by atoms with Crippen LogP contribution in [0.3, 0.4) is 0 Å². The van der Waals surface area contributed by atoms with E-state index in [4.69, 9.17) is 4.74 Å². The van der Waals surface area contributed by atoms with E-state index in [1.54, 1.807) is 7.11 Å². The fraction of sp³-hybridized carbons (Fsp3) is 0.500. The number of hydrogen-bond donors (Lipinski definition) is 0. The summed E-state index contributed by atoms with van der Waals surface area (Å²) in [6.45, 7) is 6.40. The first-order valence-corrected chi connectivity index (χ1v) is 7.48. The van der Waals surface area contributed by atoms with E-state index in [0.717, 1.165) is 30.6 Å². The molecule has 0 aliphatic heterocycles. The Morgan fingerprint density at radius 3 is 2.55 bits per heavy atom. The van der Waals surface area contributed by atoms with Crippen LogP contribution in [-0.4, -0.2) is 12.9 Å². The number of rotatable bonds is 5. The highest BCUT2D eigenvalue weighted by atomic mass is 16.5. The van der Waals surface area contributed by atoms with Crippen molar-refractivity contribution in [2.24, 2.45) is 5.92 Å². The number of Topliss-reactive ketones (excluding diaryl/α,β-unsaturated/α-hetero) is 1. The molecule has 1 aromatic rings. The predicted molar refractivity (Wildman–Crippen MR) is 82.5 cm³/mol. The Balaban J connectivity index is 2.55. The maximum atomic E-state index is 12.8. The van der Waals surface area contributed by atoms with Gasteiger partial charge in [-0.1, -0.05) is 32.1 Å². The first-order chi connectivity index (χ1) is 9.64. The van der Waals surface area contributed by atoms with E-state index in [-0.39, 0.29) is 17.1 Å².